The van der Waals surface area contributed by atoms with Crippen molar-refractivity contribution < 1.29 is 28.3 Å². The number of benzene rings is 1. The Balaban J connectivity index is 1.42. The molecule has 1 aromatic carbocycles. The number of halogens is 1. The molecule has 1 aromatic rings. The number of carbonyl (C=O) groups is 4. The molecule has 0 aliphatic carbocycles. The predicted octanol–water partition coefficient (Wildman–Crippen LogP) is 4.15. The third-order valence-electron chi connectivity index (χ3n) is 8.90. The number of nitrogens with one attached hydrogen (secondary N) is 1. The molecule has 3 unspecified atom stereocenters. The van der Waals surface area contributed by atoms with Crippen LogP contribution in [0.5, 0.6) is 0 Å². The molecule has 3 amide bonds. The maximum atomic E-state index is 15.3. The number of anilines is 2. The van der Waals surface area contributed by atoms with Gasteiger partial charge < -0.3 is 10.5 Å². The molecule has 3 atom stereocenters. The van der Waals surface area contributed by atoms with E-state index in [0.717, 1.165) is 4.44 Å². The number of cyclic esters (lactones) is 1. The first-order valence-corrected chi connectivity index (χ1v) is 22.7. The summed E-state index contributed by atoms with van der Waals surface area (Å²) in [6.07, 6.45) is 11.7. The summed E-state index contributed by atoms with van der Waals surface area (Å²) < 4.78 is 22.6. The topological polar surface area (TPSA) is 125 Å². The molecule has 0 saturated carbocycles. The minimum absolute atomic E-state index is 0.0358. The van der Waals surface area contributed by atoms with Crippen LogP contribution in [0.4, 0.5) is 20.6 Å². The Labute approximate surface area is 278 Å². The van der Waals surface area contributed by atoms with Crippen LogP contribution in [-0.4, -0.2) is 101 Å². The van der Waals surface area contributed by atoms with Gasteiger partial charge in [-0.3, -0.25) is 4.79 Å². The summed E-state index contributed by atoms with van der Waals surface area (Å²) >= 11 is -1.18. The summed E-state index contributed by atoms with van der Waals surface area (Å²) in [5, 5.41) is 2.90. The zero-order valence-electron chi connectivity index (χ0n) is 27.5. The Bertz CT molecular complexity index is 1130. The van der Waals surface area contributed by atoms with Gasteiger partial charge in [-0.2, -0.15) is 0 Å². The molecule has 3 rings (SSSR count). The molecule has 2 fully saturated rings. The number of hydrogen-bond donors (Lipinski definition) is 2. The fraction of sp³-hybridized carbons (Fsp3) is 0.697. The molecular weight excluding hydrogens is 684 g/mol. The number of carbonyl (C=O) groups excluding carboxylic acids is 4. The van der Waals surface area contributed by atoms with Gasteiger partial charge in [0.2, 0.25) is 0 Å². The summed E-state index contributed by atoms with van der Waals surface area (Å²) in [5.41, 5.74) is 6.56. The monoisotopic (exact) mass is 739 g/mol. The molecule has 2 aliphatic rings. The van der Waals surface area contributed by atoms with E-state index in [1.54, 1.807) is 17.0 Å². The number of rotatable bonds is 19. The molecule has 2 heterocycles. The number of nitrogens with zero attached hydrogens (tertiary/aromatic N) is 3. The van der Waals surface area contributed by atoms with Gasteiger partial charge in [0.15, 0.2) is 0 Å². The van der Waals surface area contributed by atoms with Crippen molar-refractivity contribution in [2.75, 3.05) is 42.5 Å². The molecule has 0 bridgehead atoms. The molecule has 12 heteroatoms. The second kappa shape index (κ2) is 19.3. The van der Waals surface area contributed by atoms with E-state index < -0.39 is 51.2 Å². The van der Waals surface area contributed by atoms with Crippen LogP contribution in [-0.2, 0) is 19.1 Å². The van der Waals surface area contributed by atoms with Gasteiger partial charge in [-0.05, 0) is 6.92 Å². The van der Waals surface area contributed by atoms with E-state index in [1.807, 2.05) is 4.90 Å². The second-order valence-corrected chi connectivity index (χ2v) is 18.2. The minimum atomic E-state index is -1.18. The predicted molar refractivity (Wildman–Crippen MR) is 179 cm³/mol. The van der Waals surface area contributed by atoms with Gasteiger partial charge in [0.1, 0.15) is 17.9 Å². The van der Waals surface area contributed by atoms with Crippen molar-refractivity contribution in [3.05, 3.63) is 24.0 Å². The molecule has 45 heavy (non-hydrogen) atoms. The number of nitrogens with two attached hydrogens (primary N) is 1. The fourth-order valence-electron chi connectivity index (χ4n) is 6.14. The van der Waals surface area contributed by atoms with Crippen LogP contribution in [0, 0.1) is 5.82 Å². The number of hydrogen-bond acceptors (Lipinski definition) is 7. The number of piperazine rings is 1. The van der Waals surface area contributed by atoms with E-state index in [2.05, 4.69) is 12.2 Å². The van der Waals surface area contributed by atoms with Gasteiger partial charge in [-0.1, -0.05) is 0 Å². The molecule has 3 N–H and O–H groups in total. The van der Waals surface area contributed by atoms with E-state index in [4.69, 9.17) is 10.5 Å². The third kappa shape index (κ3) is 11.7. The zero-order valence-corrected chi connectivity index (χ0v) is 31.6. The summed E-state index contributed by atoms with van der Waals surface area (Å²) in [6, 6.07) is 3.16. The standard InChI is InChI=1S/C21H27FN5O5.C12H25.Sn.2H/c1-12(24-14(3)29)20(30)26-8-6-25(7-9-26)17-5-4-15(10-16(17)22)27-11-18(32-21(27)31)19(23)13(2)28;1-3-5-7-9-11-12-10-8-6-4-2;;;/h4-5,10,12,18-19H,1,6-9,11,23H2,2-3H3,(H,24,29);1,3-12H2,2H3;;;. The van der Waals surface area contributed by atoms with E-state index in [1.165, 1.54) is 93.5 Å². The number of unbranched alkanes of at least 4 members (excludes halogenated alkanes) is 9. The third-order valence-corrected chi connectivity index (χ3v) is 14.6. The summed E-state index contributed by atoms with van der Waals surface area (Å²) in [4.78, 5) is 54.2. The van der Waals surface area contributed by atoms with Crippen molar-refractivity contribution >= 4 is 56.2 Å². The SMILES string of the molecule is CCCCCCCCCCC[CH2][SnH2][CH2]C(NC(C)=O)C(=O)N1CCN(c2ccc(N3CC(C(N)C(C)=O)OC3=O)cc2F)CC1. The van der Waals surface area contributed by atoms with Crippen molar-refractivity contribution in [2.45, 2.75) is 112 Å². The van der Waals surface area contributed by atoms with Gasteiger partial charge in [0.05, 0.1) is 6.54 Å². The Kier molecular flexibility index (Phi) is 15.9. The molecule has 0 aromatic heterocycles. The molecule has 10 nitrogen and oxygen atoms in total. The van der Waals surface area contributed by atoms with Crippen molar-refractivity contribution in [1.82, 2.24) is 10.2 Å². The van der Waals surface area contributed by atoms with Crippen molar-refractivity contribution in [3.8, 4) is 0 Å². The zero-order chi connectivity index (χ0) is 32.8. The molecule has 0 spiro atoms. The Morgan fingerprint density at radius 3 is 2.20 bits per heavy atom. The Morgan fingerprint density at radius 2 is 1.62 bits per heavy atom. The van der Waals surface area contributed by atoms with Crippen molar-refractivity contribution in [1.29, 1.82) is 0 Å². The van der Waals surface area contributed by atoms with Crippen molar-refractivity contribution in [2.24, 2.45) is 5.73 Å². The molecule has 252 valence electrons. The van der Waals surface area contributed by atoms with Crippen LogP contribution >= 0.6 is 0 Å². The summed E-state index contributed by atoms with van der Waals surface area (Å²) in [7, 11) is 0. The van der Waals surface area contributed by atoms with Crippen LogP contribution < -0.4 is 20.9 Å². The van der Waals surface area contributed by atoms with Gasteiger partial charge in [0, 0.05) is 0 Å². The number of ether oxygens (including phenoxy) is 1. The molecular formula is C33H54FN5O5Sn. The van der Waals surface area contributed by atoms with Crippen LogP contribution in [0.15, 0.2) is 18.2 Å². The number of ketones is 1. The number of amides is 3. The summed E-state index contributed by atoms with van der Waals surface area (Å²) in [5.74, 6) is -0.997. The van der Waals surface area contributed by atoms with Gasteiger partial charge in [-0.25, -0.2) is 4.79 Å². The van der Waals surface area contributed by atoms with Crippen molar-refractivity contribution in [3.63, 3.8) is 0 Å². The first-order valence-electron chi connectivity index (χ1n) is 17.0. The molecule has 0 radical (unpaired) electrons. The second-order valence-electron chi connectivity index (χ2n) is 12.5. The molecule has 2 saturated heterocycles. The van der Waals surface area contributed by atoms with E-state index in [9.17, 15) is 19.2 Å². The van der Waals surface area contributed by atoms with Gasteiger partial charge in [-0.15, -0.1) is 0 Å². The fourth-order valence-corrected chi connectivity index (χ4v) is 11.3. The number of Topliss-reactive ketones (excluding diaryl/α,β-unsaturated/α-hetero) is 1. The summed E-state index contributed by atoms with van der Waals surface area (Å²) in [6.45, 7) is 6.90. The first kappa shape index (κ1) is 37.1. The van der Waals surface area contributed by atoms with Gasteiger partial charge >= 0.3 is 228 Å². The van der Waals surface area contributed by atoms with Crippen LogP contribution in [0.25, 0.3) is 0 Å². The van der Waals surface area contributed by atoms with Crippen LogP contribution in [0.3, 0.4) is 0 Å². The van der Waals surface area contributed by atoms with E-state index in [0.29, 0.717) is 37.6 Å². The van der Waals surface area contributed by atoms with E-state index in [-0.39, 0.29) is 24.1 Å². The van der Waals surface area contributed by atoms with Gasteiger partial charge in [0.25, 0.3) is 0 Å². The maximum absolute atomic E-state index is 15.3. The average Bonchev–Trinajstić information content (AvgIpc) is 3.41. The first-order chi connectivity index (χ1) is 21.6. The van der Waals surface area contributed by atoms with E-state index >= 15 is 4.39 Å². The van der Waals surface area contributed by atoms with Crippen LogP contribution in [0.1, 0.15) is 85.0 Å². The van der Waals surface area contributed by atoms with Crippen LogP contribution in [0.2, 0.25) is 8.87 Å². The molecule has 2 aliphatic heterocycles. The average molecular weight is 739 g/mol. The Morgan fingerprint density at radius 1 is 1.00 bits per heavy atom. The Hall–Kier alpha value is -2.41. The quantitative estimate of drug-likeness (QED) is 0.162. The normalized spacial score (nSPS) is 18.4.